The number of ether oxygens (including phenoxy) is 1. The number of hydrogen-bond acceptors (Lipinski definition) is 3. The molecule has 1 heterocycles. The number of hydrogen-bond donors (Lipinski definition) is 1. The molecule has 1 atom stereocenters. The fourth-order valence-electron chi connectivity index (χ4n) is 2.47. The van der Waals surface area contributed by atoms with E-state index in [1.165, 1.54) is 18.5 Å². The Bertz CT molecular complexity index is 657. The molecule has 1 aromatic heterocycles. The van der Waals surface area contributed by atoms with Gasteiger partial charge >= 0.3 is 6.18 Å². The normalized spacial score (nSPS) is 13.1. The summed E-state index contributed by atoms with van der Waals surface area (Å²) >= 11 is 0. The van der Waals surface area contributed by atoms with Gasteiger partial charge in [-0.25, -0.2) is 0 Å². The molecule has 0 amide bonds. The van der Waals surface area contributed by atoms with E-state index in [0.29, 0.717) is 23.5 Å². The average Bonchev–Trinajstić information content (AvgIpc) is 2.52. The minimum Gasteiger partial charge on any atom is -0.491 e. The minimum atomic E-state index is -4.50. The maximum absolute atomic E-state index is 13.4. The van der Waals surface area contributed by atoms with Crippen LogP contribution < -0.4 is 10.5 Å². The first kappa shape index (κ1) is 18.3. The monoisotopic (exact) mass is 338 g/mol. The van der Waals surface area contributed by atoms with Gasteiger partial charge in [-0.05, 0) is 47.7 Å². The molecule has 6 heteroatoms. The van der Waals surface area contributed by atoms with Gasteiger partial charge in [-0.2, -0.15) is 13.2 Å². The fraction of sp³-hybridized carbons (Fsp3) is 0.389. The summed E-state index contributed by atoms with van der Waals surface area (Å²) in [6.45, 7) is 4.06. The highest BCUT2D eigenvalue weighted by molar-refractivity contribution is 5.65. The summed E-state index contributed by atoms with van der Waals surface area (Å²) in [5, 5.41) is 0. The zero-order chi connectivity index (χ0) is 17.7. The Morgan fingerprint density at radius 1 is 1.08 bits per heavy atom. The number of aromatic nitrogens is 1. The molecule has 1 aromatic carbocycles. The first-order chi connectivity index (χ1) is 11.3. The maximum Gasteiger partial charge on any atom is 0.419 e. The Morgan fingerprint density at radius 3 is 2.33 bits per heavy atom. The SMILES string of the molecule is CC(C)CC(N)COc1ccc(-c2ccncc2)cc1C(F)(F)F. The molecular weight excluding hydrogens is 317 g/mol. The van der Waals surface area contributed by atoms with Crippen LogP contribution in [0.15, 0.2) is 42.7 Å². The lowest BCUT2D eigenvalue weighted by molar-refractivity contribution is -0.139. The Morgan fingerprint density at radius 2 is 1.75 bits per heavy atom. The summed E-state index contributed by atoms with van der Waals surface area (Å²) in [6.07, 6.45) is -0.729. The Labute approximate surface area is 139 Å². The molecule has 2 rings (SSSR count). The van der Waals surface area contributed by atoms with Crippen LogP contribution in [-0.4, -0.2) is 17.6 Å². The van der Waals surface area contributed by atoms with Crippen molar-refractivity contribution in [2.75, 3.05) is 6.61 Å². The van der Waals surface area contributed by atoms with Crippen LogP contribution in [0.25, 0.3) is 11.1 Å². The number of benzene rings is 1. The van der Waals surface area contributed by atoms with E-state index in [4.69, 9.17) is 10.5 Å². The minimum absolute atomic E-state index is 0.0515. The van der Waals surface area contributed by atoms with Gasteiger partial charge in [0, 0.05) is 18.4 Å². The molecule has 0 spiro atoms. The topological polar surface area (TPSA) is 48.1 Å². The second-order valence-corrected chi connectivity index (χ2v) is 6.15. The first-order valence-corrected chi connectivity index (χ1v) is 7.77. The molecule has 0 aliphatic heterocycles. The molecule has 3 nitrogen and oxygen atoms in total. The van der Waals surface area contributed by atoms with Crippen LogP contribution in [0, 0.1) is 5.92 Å². The molecular formula is C18H21F3N2O. The molecule has 0 aliphatic carbocycles. The predicted octanol–water partition coefficient (Wildman–Crippen LogP) is 4.52. The van der Waals surface area contributed by atoms with E-state index in [1.54, 1.807) is 18.2 Å². The van der Waals surface area contributed by atoms with Crippen molar-refractivity contribution in [1.82, 2.24) is 4.98 Å². The molecule has 0 saturated carbocycles. The van der Waals surface area contributed by atoms with Crippen molar-refractivity contribution in [2.45, 2.75) is 32.5 Å². The van der Waals surface area contributed by atoms with Crippen LogP contribution in [0.4, 0.5) is 13.2 Å². The predicted molar refractivity (Wildman–Crippen MR) is 87.6 cm³/mol. The largest absolute Gasteiger partial charge is 0.491 e. The van der Waals surface area contributed by atoms with Gasteiger partial charge in [0.15, 0.2) is 0 Å². The zero-order valence-electron chi connectivity index (χ0n) is 13.7. The summed E-state index contributed by atoms with van der Waals surface area (Å²) in [7, 11) is 0. The van der Waals surface area contributed by atoms with Crippen LogP contribution in [0.2, 0.25) is 0 Å². The Kier molecular flexibility index (Phi) is 5.83. The van der Waals surface area contributed by atoms with Crippen LogP contribution in [0.1, 0.15) is 25.8 Å². The van der Waals surface area contributed by atoms with Crippen LogP contribution >= 0.6 is 0 Å². The third-order valence-electron chi connectivity index (χ3n) is 3.53. The maximum atomic E-state index is 13.4. The summed E-state index contributed by atoms with van der Waals surface area (Å²) in [6, 6.07) is 7.07. The summed E-state index contributed by atoms with van der Waals surface area (Å²) in [4.78, 5) is 3.87. The lowest BCUT2D eigenvalue weighted by atomic mass is 10.0. The van der Waals surface area contributed by atoms with Crippen molar-refractivity contribution in [3.63, 3.8) is 0 Å². The molecule has 2 aromatic rings. The zero-order valence-corrected chi connectivity index (χ0v) is 13.7. The van der Waals surface area contributed by atoms with Gasteiger partial charge in [-0.3, -0.25) is 4.98 Å². The van der Waals surface area contributed by atoms with Gasteiger partial charge < -0.3 is 10.5 Å². The first-order valence-electron chi connectivity index (χ1n) is 7.77. The van der Waals surface area contributed by atoms with E-state index in [2.05, 4.69) is 4.98 Å². The Balaban J connectivity index is 2.25. The van der Waals surface area contributed by atoms with E-state index < -0.39 is 11.7 Å². The standard InChI is InChI=1S/C18H21F3N2O/c1-12(2)9-15(22)11-24-17-4-3-14(10-16(17)18(19,20)21)13-5-7-23-8-6-13/h3-8,10,12,15H,9,11,22H2,1-2H3. The number of pyridine rings is 1. The smallest absolute Gasteiger partial charge is 0.419 e. The number of rotatable bonds is 6. The van der Waals surface area contributed by atoms with E-state index in [1.807, 2.05) is 13.8 Å². The third-order valence-corrected chi connectivity index (χ3v) is 3.53. The molecule has 2 N–H and O–H groups in total. The van der Waals surface area contributed by atoms with Gasteiger partial charge in [-0.15, -0.1) is 0 Å². The van der Waals surface area contributed by atoms with Crippen molar-refractivity contribution in [1.29, 1.82) is 0 Å². The number of halogens is 3. The molecule has 24 heavy (non-hydrogen) atoms. The highest BCUT2D eigenvalue weighted by atomic mass is 19.4. The second kappa shape index (κ2) is 7.66. The number of nitrogens with zero attached hydrogens (tertiary/aromatic N) is 1. The lowest BCUT2D eigenvalue weighted by Gasteiger charge is -2.19. The molecule has 1 unspecified atom stereocenters. The van der Waals surface area contributed by atoms with Gasteiger partial charge in [0.2, 0.25) is 0 Å². The van der Waals surface area contributed by atoms with Crippen molar-refractivity contribution in [2.24, 2.45) is 11.7 Å². The lowest BCUT2D eigenvalue weighted by Crippen LogP contribution is -2.29. The molecule has 0 aliphatic rings. The fourth-order valence-corrected chi connectivity index (χ4v) is 2.47. The van der Waals surface area contributed by atoms with Crippen molar-refractivity contribution in [3.05, 3.63) is 48.3 Å². The average molecular weight is 338 g/mol. The van der Waals surface area contributed by atoms with E-state index in [0.717, 1.165) is 6.07 Å². The van der Waals surface area contributed by atoms with Gasteiger partial charge in [0.05, 0.1) is 5.56 Å². The summed E-state index contributed by atoms with van der Waals surface area (Å²) in [5.74, 6) is 0.166. The van der Waals surface area contributed by atoms with Crippen molar-refractivity contribution in [3.8, 4) is 16.9 Å². The van der Waals surface area contributed by atoms with Crippen molar-refractivity contribution >= 4 is 0 Å². The molecule has 0 bridgehead atoms. The van der Waals surface area contributed by atoms with E-state index in [-0.39, 0.29) is 18.4 Å². The molecule has 0 fully saturated rings. The van der Waals surface area contributed by atoms with E-state index in [9.17, 15) is 13.2 Å². The van der Waals surface area contributed by atoms with E-state index >= 15 is 0 Å². The van der Waals surface area contributed by atoms with Crippen LogP contribution in [-0.2, 0) is 6.18 Å². The summed E-state index contributed by atoms with van der Waals surface area (Å²) in [5.41, 5.74) is 6.22. The highest BCUT2D eigenvalue weighted by Gasteiger charge is 2.35. The quantitative estimate of drug-likeness (QED) is 0.842. The highest BCUT2D eigenvalue weighted by Crippen LogP contribution is 2.38. The Hall–Kier alpha value is -2.08. The third kappa shape index (κ3) is 4.96. The van der Waals surface area contributed by atoms with Crippen LogP contribution in [0.5, 0.6) is 5.75 Å². The van der Waals surface area contributed by atoms with Gasteiger partial charge in [-0.1, -0.05) is 19.9 Å². The second-order valence-electron chi connectivity index (χ2n) is 6.15. The number of nitrogens with two attached hydrogens (primary N) is 1. The molecule has 0 radical (unpaired) electrons. The number of alkyl halides is 3. The van der Waals surface area contributed by atoms with Gasteiger partial charge in [0.1, 0.15) is 12.4 Å². The molecule has 0 saturated heterocycles. The molecule has 130 valence electrons. The summed E-state index contributed by atoms with van der Waals surface area (Å²) < 4.78 is 45.4. The van der Waals surface area contributed by atoms with Gasteiger partial charge in [0.25, 0.3) is 0 Å². The van der Waals surface area contributed by atoms with Crippen molar-refractivity contribution < 1.29 is 17.9 Å². The van der Waals surface area contributed by atoms with Crippen LogP contribution in [0.3, 0.4) is 0 Å².